The lowest BCUT2D eigenvalue weighted by atomic mass is 10.0. The van der Waals surface area contributed by atoms with E-state index in [9.17, 15) is 39.4 Å². The van der Waals surface area contributed by atoms with Crippen LogP contribution in [-0.2, 0) is 25.7 Å². The minimum Gasteiger partial charge on any atom is -0.388 e. The Hall–Kier alpha value is -4.38. The number of carbonyl (C=O) groups is 3. The summed E-state index contributed by atoms with van der Waals surface area (Å²) in [6.45, 7) is -0.140. The van der Waals surface area contributed by atoms with Crippen molar-refractivity contribution in [1.29, 1.82) is 5.41 Å². The van der Waals surface area contributed by atoms with Gasteiger partial charge in [-0.15, -0.1) is 0 Å². The van der Waals surface area contributed by atoms with Crippen molar-refractivity contribution in [2.45, 2.75) is 75.5 Å². The molecule has 3 amide bonds. The number of hydrogen-bond donors (Lipinski definition) is 9. The molecule has 0 aliphatic carbocycles. The summed E-state index contributed by atoms with van der Waals surface area (Å²) in [5, 5.41) is 44.2. The van der Waals surface area contributed by atoms with Gasteiger partial charge >= 0.3 is 5.69 Å². The van der Waals surface area contributed by atoms with Gasteiger partial charge in [0.05, 0.1) is 11.4 Å². The third-order valence-electron chi connectivity index (χ3n) is 6.91. The molecule has 234 valence electrons. The number of nitrogens with zero attached hydrogens (tertiary/aromatic N) is 1. The van der Waals surface area contributed by atoms with Crippen LogP contribution in [-0.4, -0.2) is 84.9 Å². The maximum Gasteiger partial charge on any atom is 0.325 e. The van der Waals surface area contributed by atoms with Gasteiger partial charge in [-0.25, -0.2) is 9.86 Å². The summed E-state index contributed by atoms with van der Waals surface area (Å²) < 4.78 is 5.60. The molecule has 0 spiro atoms. The number of rotatable bonds is 15. The molecular weight excluding hydrogens is 566 g/mol. The van der Waals surface area contributed by atoms with E-state index in [2.05, 4.69) is 15.6 Å². The zero-order chi connectivity index (χ0) is 31.5. The van der Waals surface area contributed by atoms with Crippen LogP contribution in [0.15, 0.2) is 46.1 Å². The molecule has 1 saturated heterocycles. The summed E-state index contributed by atoms with van der Waals surface area (Å²) in [5.41, 5.74) is 4.43. The molecule has 1 fully saturated rings. The largest absolute Gasteiger partial charge is 0.388 e. The van der Waals surface area contributed by atoms with Crippen molar-refractivity contribution in [2.75, 3.05) is 6.54 Å². The van der Waals surface area contributed by atoms with Crippen molar-refractivity contribution in [3.8, 4) is 0 Å². The first kappa shape index (κ1) is 33.1. The van der Waals surface area contributed by atoms with Crippen LogP contribution in [0.25, 0.3) is 0 Å². The summed E-state index contributed by atoms with van der Waals surface area (Å²) in [6.07, 6.45) is -4.16. The molecule has 43 heavy (non-hydrogen) atoms. The van der Waals surface area contributed by atoms with E-state index in [1.807, 2.05) is 35.3 Å². The standard InChI is InChI=1S/C27H37N7O9/c28-19(29)8-4-5-9-21(36)34(42)17(10-11-20(35)30-12-15-6-2-1-3-7-15)26(40)31-14-18-22(37)23(38)24(43-18)16-13-32-27(41)33-25(16)39/h1-3,6-7,13,17-18,22-24,37-38,42H,4-5,8-12,14H2,(H3,28,29)(H,30,35)(H,31,40)(H2,32,33,39,41). The summed E-state index contributed by atoms with van der Waals surface area (Å²) in [5.74, 6) is -2.10. The molecule has 0 saturated carbocycles. The second-order valence-corrected chi connectivity index (χ2v) is 10.1. The molecule has 5 unspecified atom stereocenters. The van der Waals surface area contributed by atoms with Crippen molar-refractivity contribution in [3.05, 3.63) is 68.5 Å². The van der Waals surface area contributed by atoms with E-state index in [0.717, 1.165) is 11.8 Å². The number of aliphatic hydroxyl groups is 2. The molecular formula is C27H37N7O9. The molecule has 1 aliphatic rings. The van der Waals surface area contributed by atoms with Gasteiger partial charge in [-0.2, -0.15) is 0 Å². The number of aromatic amines is 2. The Morgan fingerprint density at radius 2 is 1.74 bits per heavy atom. The molecule has 2 heterocycles. The number of aromatic nitrogens is 2. The van der Waals surface area contributed by atoms with E-state index in [1.165, 1.54) is 0 Å². The van der Waals surface area contributed by atoms with Crippen LogP contribution in [0.4, 0.5) is 0 Å². The number of H-pyrrole nitrogens is 2. The van der Waals surface area contributed by atoms with Crippen molar-refractivity contribution in [1.82, 2.24) is 25.7 Å². The Labute approximate surface area is 245 Å². The van der Waals surface area contributed by atoms with Crippen LogP contribution >= 0.6 is 0 Å². The van der Waals surface area contributed by atoms with Gasteiger partial charge in [-0.3, -0.25) is 34.8 Å². The van der Waals surface area contributed by atoms with Crippen LogP contribution < -0.4 is 27.6 Å². The fraction of sp³-hybridized carbons (Fsp3) is 0.481. The van der Waals surface area contributed by atoms with Gasteiger partial charge in [-0.1, -0.05) is 30.3 Å². The van der Waals surface area contributed by atoms with Crippen LogP contribution in [0.2, 0.25) is 0 Å². The van der Waals surface area contributed by atoms with Gasteiger partial charge in [0.25, 0.3) is 5.56 Å². The number of nitrogens with two attached hydrogens (primary N) is 1. The topological polar surface area (TPSA) is 264 Å². The maximum absolute atomic E-state index is 13.2. The molecule has 1 aromatic heterocycles. The molecule has 10 N–H and O–H groups in total. The summed E-state index contributed by atoms with van der Waals surface area (Å²) in [6, 6.07) is 7.64. The third kappa shape index (κ3) is 9.57. The quantitative estimate of drug-likeness (QED) is 0.0375. The van der Waals surface area contributed by atoms with Crippen molar-refractivity contribution in [2.24, 2.45) is 5.73 Å². The van der Waals surface area contributed by atoms with Crippen LogP contribution in [0.1, 0.15) is 55.8 Å². The van der Waals surface area contributed by atoms with Crippen molar-refractivity contribution >= 4 is 23.6 Å². The molecule has 0 radical (unpaired) electrons. The Morgan fingerprint density at radius 3 is 2.42 bits per heavy atom. The number of ether oxygens (including phenoxy) is 1. The zero-order valence-electron chi connectivity index (χ0n) is 23.3. The van der Waals surface area contributed by atoms with Gasteiger partial charge in [0.2, 0.25) is 17.7 Å². The molecule has 0 bridgehead atoms. The molecule has 1 aromatic carbocycles. The third-order valence-corrected chi connectivity index (χ3v) is 6.91. The number of amides is 3. The number of aliphatic hydroxyl groups excluding tert-OH is 2. The minimum absolute atomic E-state index is 0.0408. The Balaban J connectivity index is 1.63. The first-order valence-corrected chi connectivity index (χ1v) is 13.7. The highest BCUT2D eigenvalue weighted by Crippen LogP contribution is 2.31. The van der Waals surface area contributed by atoms with Gasteiger partial charge < -0.3 is 36.3 Å². The molecule has 5 atom stereocenters. The predicted octanol–water partition coefficient (Wildman–Crippen LogP) is -1.48. The van der Waals surface area contributed by atoms with Gasteiger partial charge in [0.1, 0.15) is 30.5 Å². The fourth-order valence-corrected chi connectivity index (χ4v) is 4.52. The average Bonchev–Trinajstić information content (AvgIpc) is 3.26. The number of hydrogen-bond acceptors (Lipinski definition) is 10. The van der Waals surface area contributed by atoms with E-state index >= 15 is 0 Å². The Bertz CT molecular complexity index is 1380. The molecule has 16 heteroatoms. The van der Waals surface area contributed by atoms with Crippen LogP contribution in [0.5, 0.6) is 0 Å². The van der Waals surface area contributed by atoms with Gasteiger partial charge in [0, 0.05) is 38.5 Å². The van der Waals surface area contributed by atoms with E-state index in [1.54, 1.807) is 0 Å². The van der Waals surface area contributed by atoms with Gasteiger partial charge in [-0.05, 0) is 24.8 Å². The first-order valence-electron chi connectivity index (χ1n) is 13.7. The number of carbonyl (C=O) groups excluding carboxylic acids is 3. The molecule has 1 aliphatic heterocycles. The number of amidine groups is 1. The summed E-state index contributed by atoms with van der Waals surface area (Å²) >= 11 is 0. The minimum atomic E-state index is -1.57. The Morgan fingerprint density at radius 1 is 1.05 bits per heavy atom. The highest BCUT2D eigenvalue weighted by atomic mass is 16.5. The smallest absolute Gasteiger partial charge is 0.325 e. The van der Waals surface area contributed by atoms with Crippen molar-refractivity contribution in [3.63, 3.8) is 0 Å². The van der Waals surface area contributed by atoms with E-state index in [4.69, 9.17) is 15.9 Å². The number of nitrogens with one attached hydrogen (secondary N) is 5. The molecule has 2 aromatic rings. The van der Waals surface area contributed by atoms with E-state index in [-0.39, 0.29) is 55.2 Å². The fourth-order valence-electron chi connectivity index (χ4n) is 4.52. The highest BCUT2D eigenvalue weighted by molar-refractivity contribution is 5.87. The lowest BCUT2D eigenvalue weighted by Crippen LogP contribution is -2.50. The Kier molecular flexibility index (Phi) is 12.1. The normalized spacial score (nSPS) is 20.3. The molecule has 16 nitrogen and oxygen atoms in total. The maximum atomic E-state index is 13.2. The number of hydroxylamine groups is 2. The summed E-state index contributed by atoms with van der Waals surface area (Å²) in [4.78, 5) is 66.0. The van der Waals surface area contributed by atoms with Crippen LogP contribution in [0.3, 0.4) is 0 Å². The van der Waals surface area contributed by atoms with Gasteiger partial charge in [0.15, 0.2) is 0 Å². The first-order chi connectivity index (χ1) is 20.5. The SMILES string of the molecule is N=C(N)CCCCC(=O)N(O)C(CCC(=O)NCc1ccccc1)C(=O)NCC1OC(c2c[nH]c(=O)[nH]c2=O)C(O)C1O. The van der Waals surface area contributed by atoms with Crippen LogP contribution in [0, 0.1) is 5.41 Å². The molecule has 3 rings (SSSR count). The lowest BCUT2D eigenvalue weighted by molar-refractivity contribution is -0.181. The average molecular weight is 604 g/mol. The summed E-state index contributed by atoms with van der Waals surface area (Å²) in [7, 11) is 0. The second kappa shape index (κ2) is 15.7. The van der Waals surface area contributed by atoms with E-state index in [0.29, 0.717) is 12.8 Å². The van der Waals surface area contributed by atoms with Crippen molar-refractivity contribution < 1.29 is 34.5 Å². The van der Waals surface area contributed by atoms with E-state index < -0.39 is 59.4 Å². The monoisotopic (exact) mass is 603 g/mol. The number of benzene rings is 1. The predicted molar refractivity (Wildman–Crippen MR) is 151 cm³/mol. The second-order valence-electron chi connectivity index (χ2n) is 10.1. The highest BCUT2D eigenvalue weighted by Gasteiger charge is 2.45. The lowest BCUT2D eigenvalue weighted by Gasteiger charge is -2.26. The number of unbranched alkanes of at least 4 members (excludes halogenated alkanes) is 1. The zero-order valence-corrected chi connectivity index (χ0v) is 23.3.